The number of amides is 1. The molecule has 1 amide bonds. The lowest BCUT2D eigenvalue weighted by Gasteiger charge is -2.32. The lowest BCUT2D eigenvalue weighted by atomic mass is 9.98. The number of benzene rings is 1. The van der Waals surface area contributed by atoms with E-state index in [1.165, 1.54) is 6.07 Å². The number of rotatable bonds is 2. The molecule has 4 heteroatoms. The average Bonchev–Trinajstić information content (AvgIpc) is 2.37. The third kappa shape index (κ3) is 2.82. The molecule has 1 aromatic rings. The molecule has 0 saturated carbocycles. The molecule has 98 valence electrons. The number of phenolic OH excluding ortho intramolecular Hbond substituents is 1. The molecule has 1 unspecified atom stereocenters. The highest BCUT2D eigenvalue weighted by molar-refractivity contribution is 5.94. The van der Waals surface area contributed by atoms with Gasteiger partial charge in [0.25, 0.3) is 5.91 Å². The molecule has 1 aliphatic rings. The van der Waals surface area contributed by atoms with Gasteiger partial charge in [-0.15, -0.1) is 0 Å². The van der Waals surface area contributed by atoms with Crippen LogP contribution in [0.3, 0.4) is 0 Å². The maximum Gasteiger partial charge on any atom is 0.254 e. The minimum absolute atomic E-state index is 0.0628. The number of carbonyl (C=O) groups excluding carboxylic acids is 1. The van der Waals surface area contributed by atoms with Crippen LogP contribution in [0.1, 0.15) is 28.8 Å². The van der Waals surface area contributed by atoms with E-state index in [-0.39, 0.29) is 24.2 Å². The van der Waals surface area contributed by atoms with Crippen LogP contribution in [0, 0.1) is 12.8 Å². The van der Waals surface area contributed by atoms with E-state index in [0.29, 0.717) is 12.1 Å². The molecule has 2 N–H and O–H groups in total. The van der Waals surface area contributed by atoms with E-state index < -0.39 is 0 Å². The van der Waals surface area contributed by atoms with Crippen molar-refractivity contribution in [2.45, 2.75) is 19.8 Å². The second-order valence-corrected chi connectivity index (χ2v) is 5.00. The number of phenols is 1. The van der Waals surface area contributed by atoms with Crippen LogP contribution in [0.15, 0.2) is 18.2 Å². The van der Waals surface area contributed by atoms with Crippen LogP contribution in [0.4, 0.5) is 0 Å². The van der Waals surface area contributed by atoms with E-state index in [9.17, 15) is 15.0 Å². The molecule has 1 saturated heterocycles. The van der Waals surface area contributed by atoms with Crippen LogP contribution >= 0.6 is 0 Å². The highest BCUT2D eigenvalue weighted by atomic mass is 16.3. The summed E-state index contributed by atoms with van der Waals surface area (Å²) in [6, 6.07) is 4.91. The van der Waals surface area contributed by atoms with Gasteiger partial charge in [0.1, 0.15) is 5.75 Å². The summed E-state index contributed by atoms with van der Waals surface area (Å²) >= 11 is 0. The molecular weight excluding hydrogens is 230 g/mol. The van der Waals surface area contributed by atoms with Gasteiger partial charge in [-0.2, -0.15) is 0 Å². The minimum atomic E-state index is -0.0628. The van der Waals surface area contributed by atoms with Gasteiger partial charge in [-0.3, -0.25) is 4.79 Å². The molecule has 2 rings (SSSR count). The smallest absolute Gasteiger partial charge is 0.254 e. The van der Waals surface area contributed by atoms with Gasteiger partial charge >= 0.3 is 0 Å². The first kappa shape index (κ1) is 12.9. The van der Waals surface area contributed by atoms with Crippen molar-refractivity contribution in [1.82, 2.24) is 4.90 Å². The van der Waals surface area contributed by atoms with Gasteiger partial charge in [0.2, 0.25) is 0 Å². The van der Waals surface area contributed by atoms with Crippen LogP contribution in [0.2, 0.25) is 0 Å². The average molecular weight is 249 g/mol. The van der Waals surface area contributed by atoms with E-state index in [1.807, 2.05) is 6.92 Å². The molecule has 1 heterocycles. The Morgan fingerprint density at radius 2 is 2.22 bits per heavy atom. The quantitative estimate of drug-likeness (QED) is 0.836. The van der Waals surface area contributed by atoms with E-state index in [2.05, 4.69) is 0 Å². The highest BCUT2D eigenvalue weighted by Crippen LogP contribution is 2.21. The molecule has 0 spiro atoms. The Labute approximate surface area is 107 Å². The van der Waals surface area contributed by atoms with Crippen molar-refractivity contribution in [3.63, 3.8) is 0 Å². The lowest BCUT2D eigenvalue weighted by Crippen LogP contribution is -2.40. The Hall–Kier alpha value is -1.55. The second-order valence-electron chi connectivity index (χ2n) is 5.00. The molecule has 1 fully saturated rings. The SMILES string of the molecule is Cc1cc(O)cc(C(=O)N2CCCC(CO)C2)c1. The Bertz CT molecular complexity index is 424. The third-order valence-corrected chi connectivity index (χ3v) is 3.37. The summed E-state index contributed by atoms with van der Waals surface area (Å²) in [6.45, 7) is 3.31. The first-order valence-electron chi connectivity index (χ1n) is 6.31. The Morgan fingerprint density at radius 1 is 1.44 bits per heavy atom. The molecule has 1 aromatic carbocycles. The molecule has 0 aromatic heterocycles. The molecule has 1 aliphatic heterocycles. The zero-order chi connectivity index (χ0) is 13.1. The van der Waals surface area contributed by atoms with Crippen molar-refractivity contribution in [1.29, 1.82) is 0 Å². The molecule has 4 nitrogen and oxygen atoms in total. The summed E-state index contributed by atoms with van der Waals surface area (Å²) in [4.78, 5) is 14.1. The monoisotopic (exact) mass is 249 g/mol. The number of carbonyl (C=O) groups is 1. The van der Waals surface area contributed by atoms with Crippen molar-refractivity contribution in [3.05, 3.63) is 29.3 Å². The summed E-state index contributed by atoms with van der Waals surface area (Å²) in [6.07, 6.45) is 1.90. The summed E-state index contributed by atoms with van der Waals surface area (Å²) < 4.78 is 0. The van der Waals surface area contributed by atoms with Crippen molar-refractivity contribution < 1.29 is 15.0 Å². The van der Waals surface area contributed by atoms with Gasteiger partial charge in [0.15, 0.2) is 0 Å². The van der Waals surface area contributed by atoms with Crippen molar-refractivity contribution in [2.24, 2.45) is 5.92 Å². The fourth-order valence-corrected chi connectivity index (χ4v) is 2.47. The Morgan fingerprint density at radius 3 is 2.89 bits per heavy atom. The number of hydrogen-bond acceptors (Lipinski definition) is 3. The molecule has 0 bridgehead atoms. The number of likely N-dealkylation sites (tertiary alicyclic amines) is 1. The standard InChI is InChI=1S/C14H19NO3/c1-10-5-12(7-13(17)6-10)14(18)15-4-2-3-11(8-15)9-16/h5-7,11,16-17H,2-4,8-9H2,1H3. The summed E-state index contributed by atoms with van der Waals surface area (Å²) in [5.74, 6) is 0.238. The predicted molar refractivity (Wildman–Crippen MR) is 68.6 cm³/mol. The molecule has 1 atom stereocenters. The van der Waals surface area contributed by atoms with Crippen molar-refractivity contribution in [2.75, 3.05) is 19.7 Å². The van der Waals surface area contributed by atoms with Gasteiger partial charge in [0.05, 0.1) is 0 Å². The maximum atomic E-state index is 12.3. The van der Waals surface area contributed by atoms with Gasteiger partial charge in [-0.05, 0) is 49.4 Å². The second kappa shape index (κ2) is 5.40. The van der Waals surface area contributed by atoms with Gasteiger partial charge in [-0.1, -0.05) is 0 Å². The summed E-state index contributed by atoms with van der Waals surface area (Å²) in [7, 11) is 0. The van der Waals surface area contributed by atoms with Crippen LogP contribution < -0.4 is 0 Å². The van der Waals surface area contributed by atoms with E-state index in [0.717, 1.165) is 24.9 Å². The number of aliphatic hydroxyl groups is 1. The number of piperidine rings is 1. The van der Waals surface area contributed by atoms with Gasteiger partial charge in [0, 0.05) is 25.3 Å². The van der Waals surface area contributed by atoms with Crippen LogP contribution in [-0.4, -0.2) is 40.7 Å². The van der Waals surface area contributed by atoms with Crippen LogP contribution in [0.5, 0.6) is 5.75 Å². The van der Waals surface area contributed by atoms with E-state index in [1.54, 1.807) is 17.0 Å². The molecular formula is C14H19NO3. The van der Waals surface area contributed by atoms with E-state index >= 15 is 0 Å². The van der Waals surface area contributed by atoms with Crippen molar-refractivity contribution in [3.8, 4) is 5.75 Å². The van der Waals surface area contributed by atoms with Crippen molar-refractivity contribution >= 4 is 5.91 Å². The number of aromatic hydroxyl groups is 1. The summed E-state index contributed by atoms with van der Waals surface area (Å²) in [5.41, 5.74) is 1.39. The maximum absolute atomic E-state index is 12.3. The molecule has 18 heavy (non-hydrogen) atoms. The topological polar surface area (TPSA) is 60.8 Å². The number of aryl methyl sites for hydroxylation is 1. The zero-order valence-corrected chi connectivity index (χ0v) is 10.6. The fourth-order valence-electron chi connectivity index (χ4n) is 2.47. The minimum Gasteiger partial charge on any atom is -0.508 e. The Balaban J connectivity index is 2.15. The predicted octanol–water partition coefficient (Wildman–Crippen LogP) is 1.55. The fraction of sp³-hybridized carbons (Fsp3) is 0.500. The van der Waals surface area contributed by atoms with Gasteiger partial charge < -0.3 is 15.1 Å². The number of hydrogen-bond donors (Lipinski definition) is 2. The van der Waals surface area contributed by atoms with E-state index in [4.69, 9.17) is 0 Å². The van der Waals surface area contributed by atoms with Crippen LogP contribution in [0.25, 0.3) is 0 Å². The number of aliphatic hydroxyl groups excluding tert-OH is 1. The molecule has 0 aliphatic carbocycles. The Kier molecular flexibility index (Phi) is 3.87. The first-order chi connectivity index (χ1) is 8.60. The first-order valence-corrected chi connectivity index (χ1v) is 6.31. The largest absolute Gasteiger partial charge is 0.508 e. The normalized spacial score (nSPS) is 19.9. The number of nitrogens with zero attached hydrogens (tertiary/aromatic N) is 1. The third-order valence-electron chi connectivity index (χ3n) is 3.37. The highest BCUT2D eigenvalue weighted by Gasteiger charge is 2.24. The molecule has 0 radical (unpaired) electrons. The lowest BCUT2D eigenvalue weighted by molar-refractivity contribution is 0.0620. The summed E-state index contributed by atoms with van der Waals surface area (Å²) in [5, 5.41) is 18.7. The van der Waals surface area contributed by atoms with Gasteiger partial charge in [-0.25, -0.2) is 0 Å². The van der Waals surface area contributed by atoms with Crippen LogP contribution in [-0.2, 0) is 0 Å². The zero-order valence-electron chi connectivity index (χ0n) is 10.6.